The topological polar surface area (TPSA) is 27.7 Å². The predicted octanol–water partition coefficient (Wildman–Crippen LogP) is 1.42. The van der Waals surface area contributed by atoms with E-state index in [9.17, 15) is 0 Å². The fourth-order valence-electron chi connectivity index (χ4n) is 3.68. The molecule has 0 aromatic rings. The summed E-state index contributed by atoms with van der Waals surface area (Å²) in [6.07, 6.45) is 2.94. The lowest BCUT2D eigenvalue weighted by Crippen LogP contribution is -2.53. The predicted molar refractivity (Wildman–Crippen MR) is 84.1 cm³/mol. The Morgan fingerprint density at radius 1 is 1.25 bits per heavy atom. The number of hydrogen-bond donors (Lipinski definition) is 1. The molecule has 2 rings (SSSR count). The van der Waals surface area contributed by atoms with Gasteiger partial charge in [-0.2, -0.15) is 0 Å². The fourth-order valence-corrected chi connectivity index (χ4v) is 3.68. The summed E-state index contributed by atoms with van der Waals surface area (Å²) in [5.41, 5.74) is 0. The first-order chi connectivity index (χ1) is 9.63. The van der Waals surface area contributed by atoms with E-state index in [1.165, 1.54) is 25.9 Å². The van der Waals surface area contributed by atoms with Crippen molar-refractivity contribution in [3.63, 3.8) is 0 Å². The summed E-state index contributed by atoms with van der Waals surface area (Å²) in [5.74, 6) is 0.790. The molecule has 3 atom stereocenters. The van der Waals surface area contributed by atoms with E-state index in [2.05, 4.69) is 42.9 Å². The van der Waals surface area contributed by atoms with Crippen molar-refractivity contribution in [1.82, 2.24) is 15.1 Å². The zero-order valence-electron chi connectivity index (χ0n) is 13.8. The van der Waals surface area contributed by atoms with Crippen molar-refractivity contribution in [2.45, 2.75) is 51.8 Å². The zero-order valence-corrected chi connectivity index (χ0v) is 13.8. The maximum absolute atomic E-state index is 5.98. The molecule has 0 aliphatic carbocycles. The SMILES string of the molecule is CCC1CN(CC2CN(C(C)C)CCO2)CCC1NC. The van der Waals surface area contributed by atoms with E-state index in [1.54, 1.807) is 0 Å². The van der Waals surface area contributed by atoms with Gasteiger partial charge in [0.15, 0.2) is 0 Å². The summed E-state index contributed by atoms with van der Waals surface area (Å²) >= 11 is 0. The number of hydrogen-bond acceptors (Lipinski definition) is 4. The van der Waals surface area contributed by atoms with Crippen LogP contribution in [0.3, 0.4) is 0 Å². The average molecular weight is 283 g/mol. The van der Waals surface area contributed by atoms with Crippen LogP contribution in [0, 0.1) is 5.92 Å². The van der Waals surface area contributed by atoms with Gasteiger partial charge in [-0.25, -0.2) is 0 Å². The van der Waals surface area contributed by atoms with E-state index in [4.69, 9.17) is 4.74 Å². The van der Waals surface area contributed by atoms with Crippen LogP contribution in [0.1, 0.15) is 33.6 Å². The van der Waals surface area contributed by atoms with E-state index >= 15 is 0 Å². The standard InChI is InChI=1S/C16H33N3O/c1-5-14-10-18(7-6-16(14)17-4)11-15-12-19(13(2)3)8-9-20-15/h13-17H,5-12H2,1-4H3. The van der Waals surface area contributed by atoms with Crippen LogP contribution in [-0.4, -0.2) is 74.4 Å². The second-order valence-corrected chi connectivity index (χ2v) is 6.69. The smallest absolute Gasteiger partial charge is 0.0829 e. The van der Waals surface area contributed by atoms with E-state index in [1.807, 2.05) is 0 Å². The molecule has 2 saturated heterocycles. The van der Waals surface area contributed by atoms with Crippen LogP contribution < -0.4 is 5.32 Å². The Morgan fingerprint density at radius 2 is 2.05 bits per heavy atom. The molecule has 0 bridgehead atoms. The van der Waals surface area contributed by atoms with Gasteiger partial charge in [-0.1, -0.05) is 13.3 Å². The summed E-state index contributed by atoms with van der Waals surface area (Å²) in [6, 6.07) is 1.34. The first-order valence-corrected chi connectivity index (χ1v) is 8.39. The zero-order chi connectivity index (χ0) is 14.5. The minimum atomic E-state index is 0.398. The monoisotopic (exact) mass is 283 g/mol. The fraction of sp³-hybridized carbons (Fsp3) is 1.00. The van der Waals surface area contributed by atoms with E-state index in [-0.39, 0.29) is 0 Å². The molecule has 20 heavy (non-hydrogen) atoms. The van der Waals surface area contributed by atoms with Gasteiger partial charge in [-0.3, -0.25) is 4.90 Å². The summed E-state index contributed by atoms with van der Waals surface area (Å²) < 4.78 is 5.98. The number of piperidine rings is 1. The van der Waals surface area contributed by atoms with E-state index < -0.39 is 0 Å². The highest BCUT2D eigenvalue weighted by molar-refractivity contribution is 4.86. The summed E-state index contributed by atoms with van der Waals surface area (Å²) in [5, 5.41) is 3.48. The molecule has 118 valence electrons. The number of nitrogens with one attached hydrogen (secondary N) is 1. The summed E-state index contributed by atoms with van der Waals surface area (Å²) in [4.78, 5) is 5.17. The van der Waals surface area contributed by atoms with Crippen molar-refractivity contribution in [3.05, 3.63) is 0 Å². The van der Waals surface area contributed by atoms with Gasteiger partial charge in [0.25, 0.3) is 0 Å². The lowest BCUT2D eigenvalue weighted by Gasteiger charge is -2.42. The van der Waals surface area contributed by atoms with Gasteiger partial charge in [0.05, 0.1) is 12.7 Å². The lowest BCUT2D eigenvalue weighted by molar-refractivity contribution is -0.0572. The Bertz CT molecular complexity index is 285. The Hall–Kier alpha value is -0.160. The van der Waals surface area contributed by atoms with Crippen molar-refractivity contribution in [2.75, 3.05) is 46.4 Å². The number of morpholine rings is 1. The van der Waals surface area contributed by atoms with Crippen molar-refractivity contribution in [1.29, 1.82) is 0 Å². The molecule has 0 amide bonds. The normalized spacial score (nSPS) is 33.8. The highest BCUT2D eigenvalue weighted by Crippen LogP contribution is 2.21. The minimum absolute atomic E-state index is 0.398. The Labute approximate surface area is 124 Å². The van der Waals surface area contributed by atoms with Crippen LogP contribution in [0.5, 0.6) is 0 Å². The van der Waals surface area contributed by atoms with Gasteiger partial charge in [0.1, 0.15) is 0 Å². The molecule has 0 saturated carbocycles. The molecule has 0 aromatic carbocycles. The second kappa shape index (κ2) is 7.74. The third-order valence-electron chi connectivity index (χ3n) is 5.08. The van der Waals surface area contributed by atoms with Crippen LogP contribution in [0.15, 0.2) is 0 Å². The molecule has 2 aliphatic rings. The first-order valence-electron chi connectivity index (χ1n) is 8.39. The highest BCUT2D eigenvalue weighted by Gasteiger charge is 2.30. The molecule has 4 heteroatoms. The van der Waals surface area contributed by atoms with Crippen LogP contribution in [0.25, 0.3) is 0 Å². The van der Waals surface area contributed by atoms with Crippen LogP contribution in [0.4, 0.5) is 0 Å². The minimum Gasteiger partial charge on any atom is -0.374 e. The maximum atomic E-state index is 5.98. The van der Waals surface area contributed by atoms with Crippen LogP contribution >= 0.6 is 0 Å². The van der Waals surface area contributed by atoms with Crippen molar-refractivity contribution in [3.8, 4) is 0 Å². The Kier molecular flexibility index (Phi) is 6.27. The van der Waals surface area contributed by atoms with Gasteiger partial charge < -0.3 is 15.0 Å². The van der Waals surface area contributed by atoms with E-state index in [0.29, 0.717) is 18.2 Å². The molecule has 0 radical (unpaired) electrons. The van der Waals surface area contributed by atoms with Crippen molar-refractivity contribution >= 4 is 0 Å². The quantitative estimate of drug-likeness (QED) is 0.826. The molecule has 1 N–H and O–H groups in total. The lowest BCUT2D eigenvalue weighted by atomic mass is 9.90. The molecule has 4 nitrogen and oxygen atoms in total. The van der Waals surface area contributed by atoms with Gasteiger partial charge >= 0.3 is 0 Å². The van der Waals surface area contributed by atoms with Crippen molar-refractivity contribution < 1.29 is 4.74 Å². The molecule has 0 spiro atoms. The van der Waals surface area contributed by atoms with Crippen molar-refractivity contribution in [2.24, 2.45) is 5.92 Å². The Morgan fingerprint density at radius 3 is 2.70 bits per heavy atom. The van der Waals surface area contributed by atoms with E-state index in [0.717, 1.165) is 32.2 Å². The molecule has 0 aromatic heterocycles. The van der Waals surface area contributed by atoms with Gasteiger partial charge in [0, 0.05) is 38.3 Å². The molecular weight excluding hydrogens is 250 g/mol. The molecule has 2 fully saturated rings. The number of ether oxygens (including phenoxy) is 1. The molecule has 3 unspecified atom stereocenters. The maximum Gasteiger partial charge on any atom is 0.0829 e. The first kappa shape index (κ1) is 16.2. The van der Waals surface area contributed by atoms with Gasteiger partial charge in [-0.15, -0.1) is 0 Å². The second-order valence-electron chi connectivity index (χ2n) is 6.69. The van der Waals surface area contributed by atoms with Gasteiger partial charge in [-0.05, 0) is 39.8 Å². The summed E-state index contributed by atoms with van der Waals surface area (Å²) in [7, 11) is 2.10. The molecule has 2 heterocycles. The number of likely N-dealkylation sites (tertiary alicyclic amines) is 1. The Balaban J connectivity index is 1.81. The molecular formula is C16H33N3O. The molecule has 2 aliphatic heterocycles. The third-order valence-corrected chi connectivity index (χ3v) is 5.08. The van der Waals surface area contributed by atoms with Crippen LogP contribution in [-0.2, 0) is 4.74 Å². The van der Waals surface area contributed by atoms with Crippen LogP contribution in [0.2, 0.25) is 0 Å². The third kappa shape index (κ3) is 4.17. The number of rotatable bonds is 5. The average Bonchev–Trinajstić information content (AvgIpc) is 2.47. The summed E-state index contributed by atoms with van der Waals surface area (Å²) in [6.45, 7) is 13.5. The highest BCUT2D eigenvalue weighted by atomic mass is 16.5. The largest absolute Gasteiger partial charge is 0.374 e. The van der Waals surface area contributed by atoms with Gasteiger partial charge in [0.2, 0.25) is 0 Å². The number of nitrogens with zero attached hydrogens (tertiary/aromatic N) is 2.